The Hall–Kier alpha value is -1.16. The highest BCUT2D eigenvalue weighted by molar-refractivity contribution is 8.00. The van der Waals surface area contributed by atoms with Crippen LogP contribution in [-0.4, -0.2) is 16.3 Å². The second-order valence-electron chi connectivity index (χ2n) is 3.52. The van der Waals surface area contributed by atoms with Crippen molar-refractivity contribution in [1.29, 1.82) is 0 Å². The van der Waals surface area contributed by atoms with Gasteiger partial charge in [-0.2, -0.15) is 0 Å². The van der Waals surface area contributed by atoms with Crippen LogP contribution in [0.1, 0.15) is 13.8 Å². The average molecular weight is 225 g/mol. The number of benzene rings is 1. The third kappa shape index (κ3) is 3.47. The first kappa shape index (κ1) is 11.9. The molecule has 0 saturated carbocycles. The molecule has 1 aromatic rings. The minimum Gasteiger partial charge on any atom is -0.481 e. The molecule has 0 aliphatic carbocycles. The maximum atomic E-state index is 10.8. The molecule has 0 fully saturated rings. The lowest BCUT2D eigenvalue weighted by molar-refractivity contribution is -0.140. The van der Waals surface area contributed by atoms with Crippen LogP contribution in [0.15, 0.2) is 29.2 Å². The topological polar surface area (TPSA) is 63.3 Å². The first-order valence-electron chi connectivity index (χ1n) is 4.75. The molecule has 2 unspecified atom stereocenters. The van der Waals surface area contributed by atoms with E-state index < -0.39 is 5.97 Å². The Morgan fingerprint density at radius 3 is 2.67 bits per heavy atom. The largest absolute Gasteiger partial charge is 0.481 e. The normalized spacial score (nSPS) is 14.5. The summed E-state index contributed by atoms with van der Waals surface area (Å²) in [6.45, 7) is 3.62. The van der Waals surface area contributed by atoms with Crippen molar-refractivity contribution in [1.82, 2.24) is 0 Å². The van der Waals surface area contributed by atoms with Gasteiger partial charge in [0.2, 0.25) is 0 Å². The summed E-state index contributed by atoms with van der Waals surface area (Å²) in [4.78, 5) is 11.8. The molecule has 2 atom stereocenters. The van der Waals surface area contributed by atoms with Crippen LogP contribution in [-0.2, 0) is 4.79 Å². The van der Waals surface area contributed by atoms with E-state index in [1.807, 2.05) is 31.2 Å². The molecule has 3 N–H and O–H groups in total. The third-order valence-electron chi connectivity index (χ3n) is 2.27. The maximum Gasteiger partial charge on any atom is 0.307 e. The second-order valence-corrected chi connectivity index (χ2v) is 4.97. The van der Waals surface area contributed by atoms with E-state index >= 15 is 0 Å². The molecular formula is C11H15NO2S. The quantitative estimate of drug-likeness (QED) is 0.610. The highest BCUT2D eigenvalue weighted by Gasteiger charge is 2.20. The highest BCUT2D eigenvalue weighted by atomic mass is 32.2. The molecule has 0 saturated heterocycles. The van der Waals surface area contributed by atoms with Gasteiger partial charge in [-0.3, -0.25) is 4.79 Å². The fourth-order valence-electron chi connectivity index (χ4n) is 1.11. The summed E-state index contributed by atoms with van der Waals surface area (Å²) in [5.41, 5.74) is 6.34. The number of carboxylic acid groups (broad SMARTS) is 1. The number of hydrogen-bond donors (Lipinski definition) is 2. The van der Waals surface area contributed by atoms with Gasteiger partial charge in [0, 0.05) is 15.8 Å². The summed E-state index contributed by atoms with van der Waals surface area (Å²) in [5, 5.41) is 8.88. The summed E-state index contributed by atoms with van der Waals surface area (Å²) in [6.07, 6.45) is 0. The molecule has 0 amide bonds. The van der Waals surface area contributed by atoms with E-state index in [0.717, 1.165) is 4.90 Å². The van der Waals surface area contributed by atoms with Crippen LogP contribution in [0.25, 0.3) is 0 Å². The Balaban J connectivity index is 2.66. The zero-order valence-corrected chi connectivity index (χ0v) is 9.62. The zero-order chi connectivity index (χ0) is 11.4. The van der Waals surface area contributed by atoms with Crippen molar-refractivity contribution in [3.05, 3.63) is 24.3 Å². The average Bonchev–Trinajstić information content (AvgIpc) is 2.16. The van der Waals surface area contributed by atoms with Crippen LogP contribution in [0.3, 0.4) is 0 Å². The number of nitrogens with two attached hydrogens (primary N) is 1. The van der Waals surface area contributed by atoms with Gasteiger partial charge >= 0.3 is 5.97 Å². The molecule has 0 spiro atoms. The van der Waals surface area contributed by atoms with Crippen LogP contribution < -0.4 is 5.73 Å². The summed E-state index contributed by atoms with van der Waals surface area (Å²) in [5.74, 6) is -1.13. The van der Waals surface area contributed by atoms with Gasteiger partial charge in [0.1, 0.15) is 0 Å². The van der Waals surface area contributed by atoms with Crippen molar-refractivity contribution in [3.8, 4) is 0 Å². The lowest BCUT2D eigenvalue weighted by Crippen LogP contribution is -2.19. The Morgan fingerprint density at radius 2 is 2.13 bits per heavy atom. The Bertz CT molecular complexity index is 354. The molecule has 0 aromatic heterocycles. The molecule has 0 aliphatic rings. The molecule has 15 heavy (non-hydrogen) atoms. The molecule has 0 aliphatic heterocycles. The van der Waals surface area contributed by atoms with Gasteiger partial charge in [0.05, 0.1) is 5.92 Å². The predicted octanol–water partition coefficient (Wildman–Crippen LogP) is 2.47. The van der Waals surface area contributed by atoms with Crippen molar-refractivity contribution in [2.24, 2.45) is 5.92 Å². The standard InChI is InChI=1S/C11H15NO2S/c1-7(11(13)14)8(2)15-10-5-3-4-9(12)6-10/h3-8H,12H2,1-2H3,(H,13,14). The minimum absolute atomic E-state index is 0.0318. The van der Waals surface area contributed by atoms with E-state index in [1.54, 1.807) is 6.92 Å². The first-order valence-corrected chi connectivity index (χ1v) is 5.63. The van der Waals surface area contributed by atoms with E-state index in [1.165, 1.54) is 11.8 Å². The number of anilines is 1. The van der Waals surface area contributed by atoms with Crippen LogP contribution in [0, 0.1) is 5.92 Å². The van der Waals surface area contributed by atoms with Gasteiger partial charge in [0.25, 0.3) is 0 Å². The van der Waals surface area contributed by atoms with Crippen LogP contribution >= 0.6 is 11.8 Å². The van der Waals surface area contributed by atoms with Crippen molar-refractivity contribution in [2.45, 2.75) is 24.0 Å². The van der Waals surface area contributed by atoms with Crippen molar-refractivity contribution in [2.75, 3.05) is 5.73 Å². The first-order chi connectivity index (χ1) is 7.00. The molecular weight excluding hydrogens is 210 g/mol. The number of thioether (sulfide) groups is 1. The van der Waals surface area contributed by atoms with Gasteiger partial charge in [0.15, 0.2) is 0 Å². The number of aliphatic carboxylic acids is 1. The summed E-state index contributed by atoms with van der Waals surface area (Å²) < 4.78 is 0. The van der Waals surface area contributed by atoms with Crippen molar-refractivity contribution >= 4 is 23.4 Å². The molecule has 1 rings (SSSR count). The van der Waals surface area contributed by atoms with E-state index in [0.29, 0.717) is 5.69 Å². The fraction of sp³-hybridized carbons (Fsp3) is 0.364. The van der Waals surface area contributed by atoms with Crippen LogP contribution in [0.4, 0.5) is 5.69 Å². The fourth-order valence-corrected chi connectivity index (χ4v) is 2.22. The molecule has 82 valence electrons. The van der Waals surface area contributed by atoms with Gasteiger partial charge in [-0.15, -0.1) is 11.8 Å². The van der Waals surface area contributed by atoms with Crippen LogP contribution in [0.5, 0.6) is 0 Å². The Kier molecular flexibility index (Phi) is 4.03. The summed E-state index contributed by atoms with van der Waals surface area (Å²) >= 11 is 1.53. The summed E-state index contributed by atoms with van der Waals surface area (Å²) in [6, 6.07) is 7.48. The molecule has 0 radical (unpaired) electrons. The van der Waals surface area contributed by atoms with Crippen LogP contribution in [0.2, 0.25) is 0 Å². The lowest BCUT2D eigenvalue weighted by atomic mass is 10.1. The molecule has 0 heterocycles. The second kappa shape index (κ2) is 5.07. The zero-order valence-electron chi connectivity index (χ0n) is 8.81. The highest BCUT2D eigenvalue weighted by Crippen LogP contribution is 2.28. The molecule has 4 heteroatoms. The SMILES string of the molecule is CC(Sc1cccc(N)c1)C(C)C(=O)O. The number of carboxylic acids is 1. The van der Waals surface area contributed by atoms with Gasteiger partial charge < -0.3 is 10.8 Å². The van der Waals surface area contributed by atoms with Crippen molar-refractivity contribution in [3.63, 3.8) is 0 Å². The van der Waals surface area contributed by atoms with Gasteiger partial charge in [-0.25, -0.2) is 0 Å². The smallest absolute Gasteiger partial charge is 0.307 e. The van der Waals surface area contributed by atoms with E-state index in [9.17, 15) is 4.79 Å². The number of hydrogen-bond acceptors (Lipinski definition) is 3. The Labute approximate surface area is 93.7 Å². The summed E-state index contributed by atoms with van der Waals surface area (Å²) in [7, 11) is 0. The lowest BCUT2D eigenvalue weighted by Gasteiger charge is -2.15. The van der Waals surface area contributed by atoms with Gasteiger partial charge in [-0.05, 0) is 18.2 Å². The predicted molar refractivity (Wildman–Crippen MR) is 63.0 cm³/mol. The third-order valence-corrected chi connectivity index (χ3v) is 3.58. The van der Waals surface area contributed by atoms with E-state index in [4.69, 9.17) is 10.8 Å². The van der Waals surface area contributed by atoms with Gasteiger partial charge in [-0.1, -0.05) is 19.9 Å². The number of carbonyl (C=O) groups is 1. The van der Waals surface area contributed by atoms with E-state index in [2.05, 4.69) is 0 Å². The van der Waals surface area contributed by atoms with Crippen molar-refractivity contribution < 1.29 is 9.90 Å². The molecule has 1 aromatic carbocycles. The van der Waals surface area contributed by atoms with E-state index in [-0.39, 0.29) is 11.2 Å². The minimum atomic E-state index is -0.765. The maximum absolute atomic E-state index is 10.8. The monoisotopic (exact) mass is 225 g/mol. The molecule has 3 nitrogen and oxygen atoms in total. The number of rotatable bonds is 4. The number of nitrogen functional groups attached to an aromatic ring is 1. The molecule has 0 bridgehead atoms. The Morgan fingerprint density at radius 1 is 1.47 bits per heavy atom.